The molecular formula is C15H17N3O. The molecule has 4 nitrogen and oxygen atoms in total. The van der Waals surface area contributed by atoms with Crippen molar-refractivity contribution < 1.29 is 4.74 Å². The predicted octanol–water partition coefficient (Wildman–Crippen LogP) is 2.61. The van der Waals surface area contributed by atoms with Gasteiger partial charge in [-0.1, -0.05) is 19.1 Å². The number of fused-ring (bicyclic) bond motifs is 1. The molecule has 0 saturated heterocycles. The Morgan fingerprint density at radius 3 is 3.05 bits per heavy atom. The molecule has 0 unspecified atom stereocenters. The van der Waals surface area contributed by atoms with Crippen LogP contribution in [0.15, 0.2) is 24.3 Å². The summed E-state index contributed by atoms with van der Waals surface area (Å²) in [4.78, 5) is 8.78. The molecule has 98 valence electrons. The molecule has 0 aliphatic carbocycles. The number of nitrogen functional groups attached to an aromatic ring is 1. The fourth-order valence-electron chi connectivity index (χ4n) is 2.40. The van der Waals surface area contributed by atoms with Gasteiger partial charge in [0, 0.05) is 18.1 Å². The van der Waals surface area contributed by atoms with Crippen LogP contribution in [0.5, 0.6) is 5.75 Å². The van der Waals surface area contributed by atoms with Gasteiger partial charge in [-0.3, -0.25) is 0 Å². The van der Waals surface area contributed by atoms with Crippen LogP contribution in [0.4, 0.5) is 5.82 Å². The van der Waals surface area contributed by atoms with E-state index in [2.05, 4.69) is 16.0 Å². The Hall–Kier alpha value is -2.10. The first kappa shape index (κ1) is 12.0. The molecule has 0 radical (unpaired) electrons. The van der Waals surface area contributed by atoms with Gasteiger partial charge in [-0.2, -0.15) is 0 Å². The van der Waals surface area contributed by atoms with E-state index in [0.717, 1.165) is 48.7 Å². The van der Waals surface area contributed by atoms with Crippen LogP contribution in [0, 0.1) is 0 Å². The molecule has 2 aromatic rings. The van der Waals surface area contributed by atoms with E-state index in [-0.39, 0.29) is 0 Å². The number of aryl methyl sites for hydroxylation is 2. The van der Waals surface area contributed by atoms with Crippen LogP contribution in [0.1, 0.15) is 24.7 Å². The third-order valence-corrected chi connectivity index (χ3v) is 3.32. The highest BCUT2D eigenvalue weighted by Gasteiger charge is 2.16. The van der Waals surface area contributed by atoms with Gasteiger partial charge in [-0.15, -0.1) is 0 Å². The van der Waals surface area contributed by atoms with Crippen molar-refractivity contribution in [3.8, 4) is 17.0 Å². The van der Waals surface area contributed by atoms with Gasteiger partial charge in [0.2, 0.25) is 0 Å². The van der Waals surface area contributed by atoms with Crippen LogP contribution >= 0.6 is 0 Å². The van der Waals surface area contributed by atoms with E-state index in [1.807, 2.05) is 25.1 Å². The standard InChI is InChI=1S/C15H17N3O/c1-2-14-17-12(9-13(16)18-14)11-7-3-5-10-6-4-8-19-15(10)11/h3,5,7,9H,2,4,6,8H2,1H3,(H2,16,17,18). The van der Waals surface area contributed by atoms with Gasteiger partial charge in [0.15, 0.2) is 0 Å². The largest absolute Gasteiger partial charge is 0.493 e. The topological polar surface area (TPSA) is 61.0 Å². The van der Waals surface area contributed by atoms with Crippen molar-refractivity contribution >= 4 is 5.82 Å². The van der Waals surface area contributed by atoms with Crippen LogP contribution in [-0.2, 0) is 12.8 Å². The highest BCUT2D eigenvalue weighted by atomic mass is 16.5. The molecule has 2 heterocycles. The second-order valence-corrected chi connectivity index (χ2v) is 4.69. The highest BCUT2D eigenvalue weighted by molar-refractivity contribution is 5.71. The van der Waals surface area contributed by atoms with Crippen molar-refractivity contribution in [1.29, 1.82) is 0 Å². The quantitative estimate of drug-likeness (QED) is 0.896. The van der Waals surface area contributed by atoms with Gasteiger partial charge in [0.05, 0.1) is 12.3 Å². The summed E-state index contributed by atoms with van der Waals surface area (Å²) in [6.07, 6.45) is 2.90. The van der Waals surface area contributed by atoms with Gasteiger partial charge in [0.25, 0.3) is 0 Å². The molecule has 1 aromatic carbocycles. The fourth-order valence-corrected chi connectivity index (χ4v) is 2.40. The predicted molar refractivity (Wildman–Crippen MR) is 75.1 cm³/mol. The first-order valence-corrected chi connectivity index (χ1v) is 6.66. The van der Waals surface area contributed by atoms with E-state index in [4.69, 9.17) is 10.5 Å². The van der Waals surface area contributed by atoms with Crippen LogP contribution in [0.2, 0.25) is 0 Å². The summed E-state index contributed by atoms with van der Waals surface area (Å²) in [6, 6.07) is 8.01. The van der Waals surface area contributed by atoms with Crippen LogP contribution in [-0.4, -0.2) is 16.6 Å². The number of nitrogens with zero attached hydrogens (tertiary/aromatic N) is 2. The maximum atomic E-state index is 5.86. The van der Waals surface area contributed by atoms with Crippen LogP contribution in [0.25, 0.3) is 11.3 Å². The Bertz CT molecular complexity index is 610. The summed E-state index contributed by atoms with van der Waals surface area (Å²) < 4.78 is 5.82. The van der Waals surface area contributed by atoms with Crippen molar-refractivity contribution in [2.75, 3.05) is 12.3 Å². The SMILES string of the molecule is CCc1nc(N)cc(-c2cccc3c2OCCC3)n1. The lowest BCUT2D eigenvalue weighted by molar-refractivity contribution is 0.289. The molecule has 1 aliphatic heterocycles. The van der Waals surface area contributed by atoms with Crippen molar-refractivity contribution in [2.45, 2.75) is 26.2 Å². The summed E-state index contributed by atoms with van der Waals surface area (Å²) in [7, 11) is 0. The minimum atomic E-state index is 0.510. The Kier molecular flexibility index (Phi) is 3.07. The number of rotatable bonds is 2. The third kappa shape index (κ3) is 2.26. The second-order valence-electron chi connectivity index (χ2n) is 4.69. The smallest absolute Gasteiger partial charge is 0.131 e. The number of benzene rings is 1. The molecular weight excluding hydrogens is 238 g/mol. The van der Waals surface area contributed by atoms with Crippen molar-refractivity contribution in [1.82, 2.24) is 9.97 Å². The molecule has 0 atom stereocenters. The van der Waals surface area contributed by atoms with Gasteiger partial charge >= 0.3 is 0 Å². The molecule has 1 aromatic heterocycles. The van der Waals surface area contributed by atoms with Crippen LogP contribution in [0.3, 0.4) is 0 Å². The molecule has 0 bridgehead atoms. The van der Waals surface area contributed by atoms with E-state index in [1.54, 1.807) is 0 Å². The minimum absolute atomic E-state index is 0.510. The lowest BCUT2D eigenvalue weighted by atomic mass is 10.0. The summed E-state index contributed by atoms with van der Waals surface area (Å²) in [5.74, 6) is 2.23. The Labute approximate surface area is 112 Å². The van der Waals surface area contributed by atoms with Crippen molar-refractivity contribution in [2.24, 2.45) is 0 Å². The average molecular weight is 255 g/mol. The molecule has 19 heavy (non-hydrogen) atoms. The molecule has 0 fully saturated rings. The second kappa shape index (κ2) is 4.88. The number of hydrogen-bond acceptors (Lipinski definition) is 4. The van der Waals surface area contributed by atoms with Crippen LogP contribution < -0.4 is 10.5 Å². The summed E-state index contributed by atoms with van der Waals surface area (Å²) in [6.45, 7) is 2.79. The zero-order chi connectivity index (χ0) is 13.2. The summed E-state index contributed by atoms with van der Waals surface area (Å²) in [5.41, 5.74) is 8.97. The number of hydrogen-bond donors (Lipinski definition) is 1. The molecule has 0 amide bonds. The lowest BCUT2D eigenvalue weighted by Gasteiger charge is -2.20. The summed E-state index contributed by atoms with van der Waals surface area (Å²) >= 11 is 0. The first-order valence-electron chi connectivity index (χ1n) is 6.66. The maximum absolute atomic E-state index is 5.86. The monoisotopic (exact) mass is 255 g/mol. The Morgan fingerprint density at radius 1 is 1.32 bits per heavy atom. The zero-order valence-corrected chi connectivity index (χ0v) is 11.0. The van der Waals surface area contributed by atoms with Crippen molar-refractivity contribution in [3.63, 3.8) is 0 Å². The van der Waals surface area contributed by atoms with Gasteiger partial charge in [0.1, 0.15) is 17.4 Å². The van der Waals surface area contributed by atoms with E-state index in [9.17, 15) is 0 Å². The highest BCUT2D eigenvalue weighted by Crippen LogP contribution is 2.35. The third-order valence-electron chi connectivity index (χ3n) is 3.32. The zero-order valence-electron chi connectivity index (χ0n) is 11.0. The van der Waals surface area contributed by atoms with E-state index in [1.165, 1.54) is 5.56 Å². The Morgan fingerprint density at radius 2 is 2.21 bits per heavy atom. The molecule has 0 spiro atoms. The van der Waals surface area contributed by atoms with E-state index < -0.39 is 0 Å². The Balaban J connectivity index is 2.14. The number of nitrogens with two attached hydrogens (primary N) is 1. The number of aromatic nitrogens is 2. The molecule has 1 aliphatic rings. The average Bonchev–Trinajstić information content (AvgIpc) is 2.46. The number of anilines is 1. The molecule has 3 rings (SSSR count). The maximum Gasteiger partial charge on any atom is 0.131 e. The van der Waals surface area contributed by atoms with Gasteiger partial charge < -0.3 is 10.5 Å². The fraction of sp³-hybridized carbons (Fsp3) is 0.333. The summed E-state index contributed by atoms with van der Waals surface area (Å²) in [5, 5.41) is 0. The normalized spacial score (nSPS) is 13.7. The lowest BCUT2D eigenvalue weighted by Crippen LogP contribution is -2.10. The number of ether oxygens (including phenoxy) is 1. The van der Waals surface area contributed by atoms with E-state index >= 15 is 0 Å². The first-order chi connectivity index (χ1) is 9.28. The minimum Gasteiger partial charge on any atom is -0.493 e. The van der Waals surface area contributed by atoms with Gasteiger partial charge in [-0.05, 0) is 24.5 Å². The molecule has 0 saturated carbocycles. The molecule has 2 N–H and O–H groups in total. The van der Waals surface area contributed by atoms with Crippen molar-refractivity contribution in [3.05, 3.63) is 35.7 Å². The van der Waals surface area contributed by atoms with Gasteiger partial charge in [-0.25, -0.2) is 9.97 Å². The number of para-hydroxylation sites is 1. The molecule has 4 heteroatoms. The van der Waals surface area contributed by atoms with E-state index in [0.29, 0.717) is 5.82 Å².